The summed E-state index contributed by atoms with van der Waals surface area (Å²) in [5, 5.41) is 14.1. The molecule has 5 rings (SSSR count). The van der Waals surface area contributed by atoms with Gasteiger partial charge in [0.1, 0.15) is 5.76 Å². The zero-order chi connectivity index (χ0) is 18.6. The topological polar surface area (TPSA) is 69.3 Å². The van der Waals surface area contributed by atoms with E-state index in [2.05, 4.69) is 20.3 Å². The van der Waals surface area contributed by atoms with Crippen molar-refractivity contribution in [3.8, 4) is 0 Å². The third-order valence-corrected chi connectivity index (χ3v) is 5.01. The summed E-state index contributed by atoms with van der Waals surface area (Å²) in [6.45, 7) is 3.97. The van der Waals surface area contributed by atoms with E-state index in [1.807, 2.05) is 74.6 Å². The highest BCUT2D eigenvalue weighted by atomic mass is 16.3. The van der Waals surface area contributed by atoms with Crippen molar-refractivity contribution < 1.29 is 5.11 Å². The van der Waals surface area contributed by atoms with Crippen LogP contribution < -0.4 is 5.32 Å². The first-order valence-electron chi connectivity index (χ1n) is 8.86. The van der Waals surface area contributed by atoms with Crippen LogP contribution in [0.25, 0.3) is 0 Å². The van der Waals surface area contributed by atoms with E-state index in [4.69, 9.17) is 0 Å². The van der Waals surface area contributed by atoms with Gasteiger partial charge in [0.15, 0.2) is 0 Å². The van der Waals surface area contributed by atoms with Crippen LogP contribution in [0.5, 0.6) is 0 Å². The van der Waals surface area contributed by atoms with Crippen molar-refractivity contribution in [1.82, 2.24) is 5.32 Å². The number of aliphatic imine (C=N–C) groups is 3. The fraction of sp³-hybridized carbons (Fsp3) is 0.136. The van der Waals surface area contributed by atoms with Gasteiger partial charge in [-0.2, -0.15) is 0 Å². The van der Waals surface area contributed by atoms with Crippen LogP contribution in [0.4, 0.5) is 0 Å². The normalized spacial score (nSPS) is 24.1. The standard InChI is InChI=1S/C22H18N4O/c1-22(2)20-12-18-8-6-16(25-18)10-14-4-3-13(23-14)9-15-5-7-17(24-15)11-19(26-20)21(22)27/h3-12,26-27H,1-2H3. The van der Waals surface area contributed by atoms with E-state index in [1.165, 1.54) is 0 Å². The van der Waals surface area contributed by atoms with Crippen molar-refractivity contribution in [2.24, 2.45) is 20.4 Å². The van der Waals surface area contributed by atoms with Gasteiger partial charge in [0, 0.05) is 5.70 Å². The molecule has 5 nitrogen and oxygen atoms in total. The molecule has 0 saturated heterocycles. The number of aliphatic hydroxyl groups is 1. The molecule has 0 atom stereocenters. The molecule has 0 amide bonds. The van der Waals surface area contributed by atoms with Gasteiger partial charge in [0.05, 0.1) is 45.3 Å². The van der Waals surface area contributed by atoms with Gasteiger partial charge in [0.2, 0.25) is 0 Å². The largest absolute Gasteiger partial charge is 0.509 e. The molecule has 132 valence electrons. The number of hydrogen-bond donors (Lipinski definition) is 2. The Kier molecular flexibility index (Phi) is 3.22. The minimum atomic E-state index is -0.522. The Morgan fingerprint density at radius 2 is 1.19 bits per heavy atom. The van der Waals surface area contributed by atoms with Gasteiger partial charge in [-0.05, 0) is 74.6 Å². The lowest BCUT2D eigenvalue weighted by atomic mass is 9.88. The van der Waals surface area contributed by atoms with Gasteiger partial charge in [-0.25, -0.2) is 15.0 Å². The van der Waals surface area contributed by atoms with E-state index < -0.39 is 5.41 Å². The van der Waals surface area contributed by atoms with Crippen LogP contribution in [0.3, 0.4) is 0 Å². The summed E-state index contributed by atoms with van der Waals surface area (Å²) in [7, 11) is 0. The summed E-state index contributed by atoms with van der Waals surface area (Å²) in [5.74, 6) is 0.298. The van der Waals surface area contributed by atoms with Gasteiger partial charge >= 0.3 is 0 Å². The van der Waals surface area contributed by atoms with Crippen molar-refractivity contribution in [3.63, 3.8) is 0 Å². The molecule has 5 heteroatoms. The highest BCUT2D eigenvalue weighted by Gasteiger charge is 2.37. The van der Waals surface area contributed by atoms with E-state index >= 15 is 0 Å². The average molecular weight is 354 g/mol. The fourth-order valence-corrected chi connectivity index (χ4v) is 3.41. The number of nitrogens with zero attached hydrogens (tertiary/aromatic N) is 3. The molecule has 27 heavy (non-hydrogen) atoms. The lowest BCUT2D eigenvalue weighted by Crippen LogP contribution is -2.18. The second kappa shape index (κ2) is 5.51. The minimum absolute atomic E-state index is 0.298. The molecular formula is C22H18N4O. The highest BCUT2D eigenvalue weighted by molar-refractivity contribution is 6.12. The SMILES string of the molecule is CC1(C)C2=CC3=NC(=CC4=NC(=CC5=NC(=CC(=C1O)N2)C=C5)C=C4)C=C3. The van der Waals surface area contributed by atoms with Crippen molar-refractivity contribution >= 4 is 17.1 Å². The molecule has 0 unspecified atom stereocenters. The van der Waals surface area contributed by atoms with E-state index in [9.17, 15) is 5.11 Å². The molecule has 5 heterocycles. The van der Waals surface area contributed by atoms with Crippen LogP contribution in [0.1, 0.15) is 13.8 Å². The third kappa shape index (κ3) is 2.68. The highest BCUT2D eigenvalue weighted by Crippen LogP contribution is 2.40. The Bertz CT molecular complexity index is 1110. The van der Waals surface area contributed by atoms with Crippen molar-refractivity contribution in [2.45, 2.75) is 13.8 Å². The van der Waals surface area contributed by atoms with Crippen LogP contribution in [-0.2, 0) is 0 Å². The summed E-state index contributed by atoms with van der Waals surface area (Å²) in [5.41, 5.74) is 6.07. The zero-order valence-corrected chi connectivity index (χ0v) is 15.1. The number of hydrogen-bond acceptors (Lipinski definition) is 5. The van der Waals surface area contributed by atoms with Crippen LogP contribution in [0.2, 0.25) is 0 Å². The maximum Gasteiger partial charge on any atom is 0.127 e. The first-order chi connectivity index (χ1) is 13.0. The fourth-order valence-electron chi connectivity index (χ4n) is 3.41. The summed E-state index contributed by atoms with van der Waals surface area (Å²) >= 11 is 0. The summed E-state index contributed by atoms with van der Waals surface area (Å²) in [4.78, 5) is 13.9. The van der Waals surface area contributed by atoms with Crippen molar-refractivity contribution in [2.75, 3.05) is 0 Å². The molecule has 0 aromatic heterocycles. The number of fused-ring (bicyclic) bond motifs is 5. The molecule has 0 aliphatic carbocycles. The molecule has 0 saturated carbocycles. The Morgan fingerprint density at radius 3 is 1.74 bits per heavy atom. The molecule has 5 aliphatic heterocycles. The summed E-state index contributed by atoms with van der Waals surface area (Å²) < 4.78 is 0. The molecule has 5 aliphatic rings. The quantitative estimate of drug-likeness (QED) is 0.691. The second-order valence-corrected chi connectivity index (χ2v) is 7.39. The molecule has 0 radical (unpaired) electrons. The Balaban J connectivity index is 1.68. The van der Waals surface area contributed by atoms with Gasteiger partial charge in [-0.1, -0.05) is 0 Å². The number of rotatable bonds is 0. The molecule has 8 bridgehead atoms. The van der Waals surface area contributed by atoms with E-state index in [1.54, 1.807) is 0 Å². The van der Waals surface area contributed by atoms with Crippen molar-refractivity contribution in [1.29, 1.82) is 0 Å². The maximum atomic E-state index is 10.7. The number of nitrogens with one attached hydrogen (secondary N) is 1. The van der Waals surface area contributed by atoms with Gasteiger partial charge < -0.3 is 10.4 Å². The molecule has 0 spiro atoms. The second-order valence-electron chi connectivity index (χ2n) is 7.39. The van der Waals surface area contributed by atoms with E-state index in [-0.39, 0.29) is 0 Å². The molecule has 0 aromatic rings. The molecular weight excluding hydrogens is 336 g/mol. The van der Waals surface area contributed by atoms with E-state index in [0.717, 1.165) is 39.9 Å². The third-order valence-electron chi connectivity index (χ3n) is 5.01. The number of allylic oxidation sites excluding steroid dienone is 10. The number of aliphatic hydroxyl groups excluding tert-OH is 1. The molecule has 2 N–H and O–H groups in total. The maximum absolute atomic E-state index is 10.7. The minimum Gasteiger partial charge on any atom is -0.509 e. The zero-order valence-electron chi connectivity index (χ0n) is 15.1. The summed E-state index contributed by atoms with van der Waals surface area (Å²) in [6, 6.07) is 0. The Morgan fingerprint density at radius 1 is 0.704 bits per heavy atom. The van der Waals surface area contributed by atoms with E-state index in [0.29, 0.717) is 11.5 Å². The van der Waals surface area contributed by atoms with Crippen LogP contribution in [0, 0.1) is 5.41 Å². The smallest absolute Gasteiger partial charge is 0.127 e. The summed E-state index contributed by atoms with van der Waals surface area (Å²) in [6.07, 6.45) is 19.5. The predicted octanol–water partition coefficient (Wildman–Crippen LogP) is 3.97. The monoisotopic (exact) mass is 354 g/mol. The van der Waals surface area contributed by atoms with Gasteiger partial charge in [-0.15, -0.1) is 0 Å². The van der Waals surface area contributed by atoms with Crippen LogP contribution >= 0.6 is 0 Å². The molecule has 0 aromatic carbocycles. The van der Waals surface area contributed by atoms with Crippen molar-refractivity contribution in [3.05, 3.63) is 95.0 Å². The van der Waals surface area contributed by atoms with Crippen LogP contribution in [0.15, 0.2) is 110 Å². The van der Waals surface area contributed by atoms with Gasteiger partial charge in [0.25, 0.3) is 0 Å². The van der Waals surface area contributed by atoms with Crippen LogP contribution in [-0.4, -0.2) is 22.2 Å². The predicted molar refractivity (Wildman–Crippen MR) is 109 cm³/mol. The Labute approximate surface area is 157 Å². The molecule has 0 fully saturated rings. The van der Waals surface area contributed by atoms with Gasteiger partial charge in [-0.3, -0.25) is 0 Å². The lowest BCUT2D eigenvalue weighted by Gasteiger charge is -2.19. The first kappa shape index (κ1) is 15.8. The first-order valence-corrected chi connectivity index (χ1v) is 8.86. The average Bonchev–Trinajstić information content (AvgIpc) is 3.38. The Hall–Kier alpha value is -3.47. The lowest BCUT2D eigenvalue weighted by molar-refractivity contribution is 0.301.